The van der Waals surface area contributed by atoms with Crippen LogP contribution in [0.25, 0.3) is 0 Å². The minimum Gasteiger partial charge on any atom is -0.494 e. The van der Waals surface area contributed by atoms with Gasteiger partial charge in [-0.3, -0.25) is 4.79 Å². The third-order valence-electron chi connectivity index (χ3n) is 4.56. The average molecular weight is 408 g/mol. The molecule has 7 heteroatoms. The highest BCUT2D eigenvalue weighted by molar-refractivity contribution is 7.91. The Morgan fingerprint density at radius 2 is 1.96 bits per heavy atom. The molecule has 1 aliphatic rings. The minimum absolute atomic E-state index is 0.00364. The molecular formula is C20H22ClNO4S. The number of nitrogens with zero attached hydrogens (tertiary/aromatic N) is 1. The van der Waals surface area contributed by atoms with E-state index in [-0.39, 0.29) is 23.5 Å². The van der Waals surface area contributed by atoms with Gasteiger partial charge >= 0.3 is 0 Å². The van der Waals surface area contributed by atoms with Crippen LogP contribution in [-0.4, -0.2) is 43.4 Å². The minimum atomic E-state index is -3.11. The van der Waals surface area contributed by atoms with Crippen molar-refractivity contribution < 1.29 is 17.9 Å². The van der Waals surface area contributed by atoms with E-state index < -0.39 is 9.84 Å². The molecular weight excluding hydrogens is 386 g/mol. The number of rotatable bonds is 6. The fraction of sp³-hybridized carbons (Fsp3) is 0.350. The first-order valence-corrected chi connectivity index (χ1v) is 11.1. The Kier molecular flexibility index (Phi) is 6.07. The van der Waals surface area contributed by atoms with Crippen molar-refractivity contribution in [1.82, 2.24) is 4.90 Å². The maximum Gasteiger partial charge on any atom is 0.254 e. The topological polar surface area (TPSA) is 63.7 Å². The SMILES string of the molecule is CCOc1ccc(C(=O)N(Cc2cccc(Cl)c2)C2CCS(=O)(=O)C2)cc1. The molecule has 27 heavy (non-hydrogen) atoms. The zero-order valence-corrected chi connectivity index (χ0v) is 16.7. The highest BCUT2D eigenvalue weighted by Crippen LogP contribution is 2.24. The molecule has 2 aromatic carbocycles. The summed E-state index contributed by atoms with van der Waals surface area (Å²) in [4.78, 5) is 14.8. The van der Waals surface area contributed by atoms with Gasteiger partial charge in [-0.1, -0.05) is 23.7 Å². The van der Waals surface area contributed by atoms with Crippen LogP contribution in [0.15, 0.2) is 48.5 Å². The second kappa shape index (κ2) is 8.31. The normalized spacial score (nSPS) is 18.2. The average Bonchev–Trinajstić information content (AvgIpc) is 3.00. The van der Waals surface area contributed by atoms with E-state index in [9.17, 15) is 13.2 Å². The Labute approximate surface area is 164 Å². The number of sulfone groups is 1. The van der Waals surface area contributed by atoms with Gasteiger partial charge in [-0.15, -0.1) is 0 Å². The number of ether oxygens (including phenoxy) is 1. The smallest absolute Gasteiger partial charge is 0.254 e. The third-order valence-corrected chi connectivity index (χ3v) is 6.55. The molecule has 1 amide bonds. The fourth-order valence-corrected chi connectivity index (χ4v) is 5.19. The van der Waals surface area contributed by atoms with E-state index in [0.717, 1.165) is 5.56 Å². The van der Waals surface area contributed by atoms with Crippen molar-refractivity contribution in [2.45, 2.75) is 25.9 Å². The largest absolute Gasteiger partial charge is 0.494 e. The summed E-state index contributed by atoms with van der Waals surface area (Å²) in [6.45, 7) is 2.76. The lowest BCUT2D eigenvalue weighted by atomic mass is 10.1. The van der Waals surface area contributed by atoms with E-state index >= 15 is 0 Å². The summed E-state index contributed by atoms with van der Waals surface area (Å²) in [5, 5.41) is 0.583. The summed E-state index contributed by atoms with van der Waals surface area (Å²) < 4.78 is 29.3. The molecule has 0 N–H and O–H groups in total. The van der Waals surface area contributed by atoms with Gasteiger partial charge in [-0.25, -0.2) is 8.42 Å². The van der Waals surface area contributed by atoms with Gasteiger partial charge in [0.25, 0.3) is 5.91 Å². The first-order valence-electron chi connectivity index (χ1n) is 8.86. The molecule has 0 radical (unpaired) electrons. The van der Waals surface area contributed by atoms with Gasteiger partial charge in [0.2, 0.25) is 0 Å². The van der Waals surface area contributed by atoms with Crippen molar-refractivity contribution >= 4 is 27.3 Å². The highest BCUT2D eigenvalue weighted by atomic mass is 35.5. The second-order valence-corrected chi connectivity index (χ2v) is 9.24. The predicted molar refractivity (Wildman–Crippen MR) is 106 cm³/mol. The summed E-state index contributed by atoms with van der Waals surface area (Å²) in [5.74, 6) is 0.607. The van der Waals surface area contributed by atoms with Crippen molar-refractivity contribution in [3.8, 4) is 5.75 Å². The zero-order chi connectivity index (χ0) is 19.4. The lowest BCUT2D eigenvalue weighted by molar-refractivity contribution is 0.0681. The molecule has 1 fully saturated rings. The van der Waals surface area contributed by atoms with Gasteiger partial charge < -0.3 is 9.64 Å². The molecule has 1 heterocycles. The Bertz CT molecular complexity index is 912. The quantitative estimate of drug-likeness (QED) is 0.734. The van der Waals surface area contributed by atoms with Crippen LogP contribution in [0.4, 0.5) is 0 Å². The molecule has 0 saturated carbocycles. The van der Waals surface area contributed by atoms with Crippen LogP contribution >= 0.6 is 11.6 Å². The number of hydrogen-bond acceptors (Lipinski definition) is 4. The standard InChI is InChI=1S/C20H22ClNO4S/c1-2-26-19-8-6-16(7-9-19)20(23)22(18-10-11-27(24,25)14-18)13-15-4-3-5-17(21)12-15/h3-9,12,18H,2,10-11,13-14H2,1H3. The maximum atomic E-state index is 13.2. The van der Waals surface area contributed by atoms with Gasteiger partial charge in [0.1, 0.15) is 5.75 Å². The molecule has 1 aliphatic heterocycles. The third kappa shape index (κ3) is 5.02. The summed E-state index contributed by atoms with van der Waals surface area (Å²) in [7, 11) is -3.11. The first-order chi connectivity index (χ1) is 12.9. The number of amides is 1. The van der Waals surface area contributed by atoms with Crippen molar-refractivity contribution in [2.24, 2.45) is 0 Å². The van der Waals surface area contributed by atoms with E-state index in [1.165, 1.54) is 0 Å². The molecule has 0 spiro atoms. The van der Waals surface area contributed by atoms with E-state index in [2.05, 4.69) is 0 Å². The van der Waals surface area contributed by atoms with Crippen LogP contribution in [0, 0.1) is 0 Å². The van der Waals surface area contributed by atoms with Gasteiger partial charge in [-0.05, 0) is 55.3 Å². The van der Waals surface area contributed by atoms with Crippen molar-refractivity contribution in [3.05, 3.63) is 64.7 Å². The Hall–Kier alpha value is -2.05. The van der Waals surface area contributed by atoms with Gasteiger partial charge in [0.05, 0.1) is 18.1 Å². The van der Waals surface area contributed by atoms with E-state index in [4.69, 9.17) is 16.3 Å². The lowest BCUT2D eigenvalue weighted by Crippen LogP contribution is -2.40. The fourth-order valence-electron chi connectivity index (χ4n) is 3.25. The summed E-state index contributed by atoms with van der Waals surface area (Å²) in [6, 6.07) is 13.8. The van der Waals surface area contributed by atoms with Crippen molar-refractivity contribution in [1.29, 1.82) is 0 Å². The molecule has 5 nitrogen and oxygen atoms in total. The highest BCUT2D eigenvalue weighted by Gasteiger charge is 2.35. The van der Waals surface area contributed by atoms with Gasteiger partial charge in [0, 0.05) is 23.2 Å². The van der Waals surface area contributed by atoms with Crippen molar-refractivity contribution in [2.75, 3.05) is 18.1 Å². The summed E-state index contributed by atoms with van der Waals surface area (Å²) in [6.07, 6.45) is 0.450. The van der Waals surface area contributed by atoms with Gasteiger partial charge in [0.15, 0.2) is 9.84 Å². The number of benzene rings is 2. The van der Waals surface area contributed by atoms with Crippen molar-refractivity contribution in [3.63, 3.8) is 0 Å². The van der Waals surface area contributed by atoms with E-state index in [0.29, 0.717) is 35.9 Å². The van der Waals surface area contributed by atoms with Crippen LogP contribution in [0.5, 0.6) is 5.75 Å². The van der Waals surface area contributed by atoms with E-state index in [1.807, 2.05) is 19.1 Å². The van der Waals surface area contributed by atoms with Crippen LogP contribution in [0.1, 0.15) is 29.3 Å². The van der Waals surface area contributed by atoms with Crippen LogP contribution in [0.3, 0.4) is 0 Å². The van der Waals surface area contributed by atoms with E-state index in [1.54, 1.807) is 41.3 Å². The number of hydrogen-bond donors (Lipinski definition) is 0. The second-order valence-electron chi connectivity index (χ2n) is 6.58. The van der Waals surface area contributed by atoms with Crippen LogP contribution in [0.2, 0.25) is 5.02 Å². The number of halogens is 1. The van der Waals surface area contributed by atoms with Crippen LogP contribution < -0.4 is 4.74 Å². The molecule has 2 aromatic rings. The molecule has 1 saturated heterocycles. The number of carbonyl (C=O) groups excluding carboxylic acids is 1. The number of carbonyl (C=O) groups is 1. The maximum absolute atomic E-state index is 13.2. The Morgan fingerprint density at radius 3 is 2.56 bits per heavy atom. The molecule has 0 aromatic heterocycles. The summed E-state index contributed by atoms with van der Waals surface area (Å²) in [5.41, 5.74) is 1.37. The molecule has 1 atom stereocenters. The Morgan fingerprint density at radius 1 is 1.22 bits per heavy atom. The summed E-state index contributed by atoms with van der Waals surface area (Å²) >= 11 is 6.06. The van der Waals surface area contributed by atoms with Gasteiger partial charge in [-0.2, -0.15) is 0 Å². The molecule has 3 rings (SSSR count). The molecule has 1 unspecified atom stereocenters. The lowest BCUT2D eigenvalue weighted by Gasteiger charge is -2.28. The molecule has 0 bridgehead atoms. The Balaban J connectivity index is 1.87. The zero-order valence-electron chi connectivity index (χ0n) is 15.1. The molecule has 0 aliphatic carbocycles. The predicted octanol–water partition coefficient (Wildman–Crippen LogP) is 3.57. The monoisotopic (exact) mass is 407 g/mol. The first kappa shape index (κ1) is 19.7. The molecule has 144 valence electrons. The van der Waals surface area contributed by atoms with Crippen LogP contribution in [-0.2, 0) is 16.4 Å².